The van der Waals surface area contributed by atoms with Crippen molar-refractivity contribution in [2.45, 2.75) is 6.92 Å². The first-order valence-electron chi connectivity index (χ1n) is 3.06. The van der Waals surface area contributed by atoms with Crippen molar-refractivity contribution in [3.8, 4) is 0 Å². The van der Waals surface area contributed by atoms with Gasteiger partial charge in [0.1, 0.15) is 0 Å². The van der Waals surface area contributed by atoms with Gasteiger partial charge in [0.15, 0.2) is 0 Å². The van der Waals surface area contributed by atoms with Crippen LogP contribution in [0.5, 0.6) is 0 Å². The Morgan fingerprint density at radius 3 is 1.53 bits per heavy atom. The number of amides is 1. The van der Waals surface area contributed by atoms with Gasteiger partial charge in [-0.3, -0.25) is 9.11 Å². The largest absolute Gasteiger partial charge is 0.450 e. The first kappa shape index (κ1) is 16.5. The highest BCUT2D eigenvalue weighted by molar-refractivity contribution is 7.94. The molecule has 0 saturated heterocycles. The fourth-order valence-corrected chi connectivity index (χ4v) is 1.12. The molecule has 0 rings (SSSR count). The zero-order valence-corrected chi connectivity index (χ0v) is 8.99. The Labute approximate surface area is 85.9 Å². The molecule has 0 radical (unpaired) electrons. The maximum Gasteiger partial charge on any atom is 0.413 e. The third-order valence-electron chi connectivity index (χ3n) is 0.459. The molecule has 1 amide bonds. The van der Waals surface area contributed by atoms with Crippen LogP contribution in [0.3, 0.4) is 0 Å². The maximum absolute atomic E-state index is 9.60. The molecule has 0 saturated carbocycles. The summed E-state index contributed by atoms with van der Waals surface area (Å²) in [5.41, 5.74) is 4.54. The van der Waals surface area contributed by atoms with Gasteiger partial charge in [-0.1, -0.05) is 0 Å². The van der Waals surface area contributed by atoms with Crippen molar-refractivity contribution in [2.75, 3.05) is 6.61 Å². The van der Waals surface area contributed by atoms with Gasteiger partial charge in [0.05, 0.1) is 6.61 Å². The fourth-order valence-electron chi connectivity index (χ4n) is 0.251. The molecule has 0 heterocycles. The third kappa shape index (κ3) is 24.6. The van der Waals surface area contributed by atoms with Gasteiger partial charge in [0.2, 0.25) is 0 Å². The fraction of sp³-hybridized carbons (Fsp3) is 0.667. The Kier molecular flexibility index (Phi) is 7.16. The minimum atomic E-state index is -5.12. The van der Waals surface area contributed by atoms with Crippen molar-refractivity contribution in [1.82, 2.24) is 0 Å². The summed E-state index contributed by atoms with van der Waals surface area (Å²) in [6.07, 6.45) is -0.711. The quantitative estimate of drug-likeness (QED) is 0.526. The van der Waals surface area contributed by atoms with Crippen LogP contribution in [-0.2, 0) is 29.2 Å². The van der Waals surface area contributed by atoms with E-state index in [-0.39, 0.29) is 0 Å². The van der Waals surface area contributed by atoms with E-state index in [1.165, 1.54) is 0 Å². The van der Waals surface area contributed by atoms with Crippen molar-refractivity contribution < 1.29 is 39.1 Å². The Hall–Kier alpha value is -0.950. The number of primary amides is 1. The van der Waals surface area contributed by atoms with Gasteiger partial charge in [0, 0.05) is 0 Å². The minimum Gasteiger partial charge on any atom is -0.450 e. The molecule has 0 aromatic rings. The molecule has 0 aliphatic rings. The number of hydrogen-bond donors (Lipinski definition) is 3. The zero-order chi connectivity index (χ0) is 12.7. The van der Waals surface area contributed by atoms with Crippen molar-refractivity contribution in [3.05, 3.63) is 0 Å². The summed E-state index contributed by atoms with van der Waals surface area (Å²) in [7, 11) is -10.2. The molecule has 0 aromatic heterocycles. The predicted octanol–water partition coefficient (Wildman–Crippen LogP) is -1.29. The molecule has 4 N–H and O–H groups in total. The first-order chi connectivity index (χ1) is 6.48. The van der Waals surface area contributed by atoms with E-state index in [4.69, 9.17) is 9.11 Å². The number of carbonyl (C=O) groups excluding carboxylic acids is 1. The Morgan fingerprint density at radius 2 is 1.53 bits per heavy atom. The number of ether oxygens (including phenoxy) is 1. The average Bonchev–Trinajstić information content (AvgIpc) is 1.77. The Balaban J connectivity index is 0. The Morgan fingerprint density at radius 1 is 1.20 bits per heavy atom. The average molecular weight is 267 g/mol. The number of rotatable bonds is 3. The van der Waals surface area contributed by atoms with Gasteiger partial charge in [-0.05, 0) is 6.92 Å². The molecule has 15 heavy (non-hydrogen) atoms. The summed E-state index contributed by atoms with van der Waals surface area (Å²) < 4.78 is 59.8. The van der Waals surface area contributed by atoms with Crippen molar-refractivity contribution in [1.29, 1.82) is 0 Å². The highest BCUT2D eigenvalue weighted by atomic mass is 32.3. The van der Waals surface area contributed by atoms with Crippen molar-refractivity contribution >= 4 is 26.9 Å². The highest BCUT2D eigenvalue weighted by Crippen LogP contribution is 1.91. The van der Waals surface area contributed by atoms with E-state index < -0.39 is 26.9 Å². The van der Waals surface area contributed by atoms with E-state index in [1.54, 1.807) is 6.92 Å². The molecular weight excluding hydrogens is 258 g/mol. The second-order valence-corrected chi connectivity index (χ2v) is 3.93. The van der Waals surface area contributed by atoms with Gasteiger partial charge >= 0.3 is 26.9 Å². The van der Waals surface area contributed by atoms with Crippen LogP contribution >= 0.6 is 0 Å². The Bertz CT molecular complexity index is 350. The number of nitrogens with two attached hydrogens (primary N) is 1. The summed E-state index contributed by atoms with van der Waals surface area (Å²) in [4.78, 5) is 9.60. The molecule has 0 unspecified atom stereocenters. The molecule has 0 spiro atoms. The van der Waals surface area contributed by atoms with Gasteiger partial charge in [-0.25, -0.2) is 4.79 Å². The highest BCUT2D eigenvalue weighted by Gasteiger charge is 2.15. The lowest BCUT2D eigenvalue weighted by molar-refractivity contribution is 0.163. The topological polar surface area (TPSA) is 170 Å². The number of hydrogen-bond acceptors (Lipinski definition) is 7. The monoisotopic (exact) mass is 267 g/mol. The molecule has 0 aliphatic carbocycles. The lowest BCUT2D eigenvalue weighted by Gasteiger charge is -1.89. The van der Waals surface area contributed by atoms with Crippen LogP contribution < -0.4 is 5.73 Å². The summed E-state index contributed by atoms with van der Waals surface area (Å²) in [5, 5.41) is 0. The standard InChI is InChI=1S/C3H7NO2.H2O7S2/c1-2-6-3(4)5;1-8(2,3)7-9(4,5)6/h2H2,1H3,(H2,4,5);(H,1,2,3)(H,4,5,6). The van der Waals surface area contributed by atoms with Crippen LogP contribution in [0.15, 0.2) is 0 Å². The SMILES string of the molecule is CCOC(N)=O.O=S(=O)(O)OS(=O)(=O)O. The molecule has 0 fully saturated rings. The maximum atomic E-state index is 9.60. The van der Waals surface area contributed by atoms with Crippen LogP contribution in [0.1, 0.15) is 6.92 Å². The number of carbonyl (C=O) groups is 1. The summed E-state index contributed by atoms with van der Waals surface area (Å²) >= 11 is 0. The van der Waals surface area contributed by atoms with Gasteiger partial charge in [-0.2, -0.15) is 16.8 Å². The van der Waals surface area contributed by atoms with Gasteiger partial charge < -0.3 is 10.5 Å². The predicted molar refractivity (Wildman–Crippen MR) is 45.4 cm³/mol. The minimum absolute atomic E-state index is 0.356. The van der Waals surface area contributed by atoms with Crippen LogP contribution in [0.4, 0.5) is 4.79 Å². The lowest BCUT2D eigenvalue weighted by atomic mass is 10.9. The van der Waals surface area contributed by atoms with E-state index in [9.17, 15) is 21.6 Å². The molecule has 0 aliphatic heterocycles. The van der Waals surface area contributed by atoms with Crippen molar-refractivity contribution in [3.63, 3.8) is 0 Å². The van der Waals surface area contributed by atoms with E-state index in [2.05, 4.69) is 14.1 Å². The van der Waals surface area contributed by atoms with Crippen molar-refractivity contribution in [2.24, 2.45) is 5.73 Å². The zero-order valence-electron chi connectivity index (χ0n) is 7.35. The van der Waals surface area contributed by atoms with Crippen LogP contribution in [-0.4, -0.2) is 38.6 Å². The van der Waals surface area contributed by atoms with Crippen LogP contribution in [0.25, 0.3) is 0 Å². The molecule has 0 bridgehead atoms. The van der Waals surface area contributed by atoms with Crippen LogP contribution in [0, 0.1) is 0 Å². The first-order valence-corrected chi connectivity index (χ1v) is 5.79. The summed E-state index contributed by atoms with van der Waals surface area (Å²) in [6, 6.07) is 0. The smallest absolute Gasteiger partial charge is 0.413 e. The normalized spacial score (nSPS) is 11.1. The van der Waals surface area contributed by atoms with E-state index in [0.29, 0.717) is 6.61 Å². The molecule has 10 nitrogen and oxygen atoms in total. The van der Waals surface area contributed by atoms with E-state index in [0.717, 1.165) is 0 Å². The van der Waals surface area contributed by atoms with E-state index in [1.807, 2.05) is 0 Å². The molecule has 92 valence electrons. The third-order valence-corrected chi connectivity index (χ3v) is 1.83. The summed E-state index contributed by atoms with van der Waals surface area (Å²) in [6.45, 7) is 2.06. The molecule has 0 aromatic carbocycles. The lowest BCUT2D eigenvalue weighted by Crippen LogP contribution is -2.11. The van der Waals surface area contributed by atoms with Gasteiger partial charge in [-0.15, -0.1) is 3.63 Å². The van der Waals surface area contributed by atoms with E-state index >= 15 is 0 Å². The molecule has 12 heteroatoms. The molecule has 0 atom stereocenters. The second-order valence-electron chi connectivity index (χ2n) is 1.68. The van der Waals surface area contributed by atoms with Gasteiger partial charge in [0.25, 0.3) is 0 Å². The molecular formula is C3H9NO9S2. The summed E-state index contributed by atoms with van der Waals surface area (Å²) in [5.74, 6) is 0. The van der Waals surface area contributed by atoms with Crippen LogP contribution in [0.2, 0.25) is 0 Å². The second kappa shape index (κ2) is 6.52.